The molecule has 0 aliphatic carbocycles. The minimum Gasteiger partial charge on any atom is -0.324 e. The van der Waals surface area contributed by atoms with Crippen LogP contribution in [-0.2, 0) is 19.4 Å². The molecular formula is C15H22N4. The number of aromatic nitrogens is 3. The van der Waals surface area contributed by atoms with Gasteiger partial charge in [-0.15, -0.1) is 10.2 Å². The zero-order valence-corrected chi connectivity index (χ0v) is 11.7. The average molecular weight is 258 g/mol. The number of hydrogen-bond donors (Lipinski definition) is 1. The Labute approximate surface area is 114 Å². The van der Waals surface area contributed by atoms with Gasteiger partial charge in [-0.1, -0.05) is 30.3 Å². The Morgan fingerprint density at radius 3 is 2.37 bits per heavy atom. The lowest BCUT2D eigenvalue weighted by molar-refractivity contribution is 0.537. The van der Waals surface area contributed by atoms with Crippen molar-refractivity contribution in [2.45, 2.75) is 45.7 Å². The molecule has 2 rings (SSSR count). The van der Waals surface area contributed by atoms with Crippen LogP contribution in [0.15, 0.2) is 30.3 Å². The first-order valence-electron chi connectivity index (χ1n) is 6.89. The van der Waals surface area contributed by atoms with Crippen LogP contribution in [0.1, 0.15) is 43.5 Å². The number of hydrogen-bond acceptors (Lipinski definition) is 3. The molecule has 102 valence electrons. The fraction of sp³-hybridized carbons (Fsp3) is 0.467. The van der Waals surface area contributed by atoms with Gasteiger partial charge >= 0.3 is 0 Å². The van der Waals surface area contributed by atoms with Crippen molar-refractivity contribution in [1.82, 2.24) is 14.8 Å². The third-order valence-electron chi connectivity index (χ3n) is 3.24. The molecule has 1 aromatic carbocycles. The predicted molar refractivity (Wildman–Crippen MR) is 76.8 cm³/mol. The fourth-order valence-corrected chi connectivity index (χ4v) is 2.36. The molecule has 0 saturated heterocycles. The molecule has 2 N–H and O–H groups in total. The molecule has 2 aromatic rings. The number of rotatable bonds is 6. The van der Waals surface area contributed by atoms with Gasteiger partial charge in [-0.2, -0.15) is 0 Å². The van der Waals surface area contributed by atoms with Gasteiger partial charge in [0.05, 0.1) is 6.54 Å². The second kappa shape index (κ2) is 6.48. The van der Waals surface area contributed by atoms with Crippen LogP contribution in [0.25, 0.3) is 0 Å². The highest BCUT2D eigenvalue weighted by molar-refractivity contribution is 5.14. The van der Waals surface area contributed by atoms with Crippen LogP contribution in [0.2, 0.25) is 0 Å². The SMILES string of the molecule is CC(C)n1c(CN)nnc1CCCc1ccccc1. The van der Waals surface area contributed by atoms with Crippen LogP contribution in [0.3, 0.4) is 0 Å². The van der Waals surface area contributed by atoms with Crippen molar-refractivity contribution in [1.29, 1.82) is 0 Å². The van der Waals surface area contributed by atoms with Crippen LogP contribution in [0.5, 0.6) is 0 Å². The molecule has 1 heterocycles. The molecule has 0 bridgehead atoms. The summed E-state index contributed by atoms with van der Waals surface area (Å²) in [5.74, 6) is 1.93. The summed E-state index contributed by atoms with van der Waals surface area (Å²) in [6, 6.07) is 10.9. The standard InChI is InChI=1S/C15H22N4/c1-12(2)19-14(17-18-15(19)11-16)10-6-9-13-7-4-3-5-8-13/h3-5,7-8,12H,6,9-11,16H2,1-2H3. The number of nitrogens with zero attached hydrogens (tertiary/aromatic N) is 3. The first-order valence-corrected chi connectivity index (χ1v) is 6.89. The van der Waals surface area contributed by atoms with Gasteiger partial charge < -0.3 is 10.3 Å². The molecule has 0 aliphatic rings. The molecular weight excluding hydrogens is 236 g/mol. The zero-order chi connectivity index (χ0) is 13.7. The molecule has 4 heteroatoms. The van der Waals surface area contributed by atoms with E-state index in [4.69, 9.17) is 5.73 Å². The van der Waals surface area contributed by atoms with Gasteiger partial charge in [0, 0.05) is 12.5 Å². The second-order valence-electron chi connectivity index (χ2n) is 5.04. The van der Waals surface area contributed by atoms with E-state index >= 15 is 0 Å². The van der Waals surface area contributed by atoms with Crippen LogP contribution < -0.4 is 5.73 Å². The van der Waals surface area contributed by atoms with Crippen LogP contribution in [0.4, 0.5) is 0 Å². The van der Waals surface area contributed by atoms with Crippen molar-refractivity contribution < 1.29 is 0 Å². The highest BCUT2D eigenvalue weighted by Gasteiger charge is 2.12. The van der Waals surface area contributed by atoms with E-state index in [1.807, 2.05) is 6.07 Å². The van der Waals surface area contributed by atoms with Crippen molar-refractivity contribution in [2.24, 2.45) is 5.73 Å². The van der Waals surface area contributed by atoms with Crippen molar-refractivity contribution in [3.63, 3.8) is 0 Å². The number of benzene rings is 1. The maximum Gasteiger partial charge on any atom is 0.147 e. The maximum absolute atomic E-state index is 5.70. The Balaban J connectivity index is 1.98. The highest BCUT2D eigenvalue weighted by Crippen LogP contribution is 2.14. The van der Waals surface area contributed by atoms with E-state index in [9.17, 15) is 0 Å². The second-order valence-corrected chi connectivity index (χ2v) is 5.04. The molecule has 0 fully saturated rings. The Morgan fingerprint density at radius 1 is 1.05 bits per heavy atom. The van der Waals surface area contributed by atoms with E-state index in [-0.39, 0.29) is 0 Å². The summed E-state index contributed by atoms with van der Waals surface area (Å²) < 4.78 is 2.16. The number of aryl methyl sites for hydroxylation is 2. The molecule has 19 heavy (non-hydrogen) atoms. The molecule has 0 amide bonds. The monoisotopic (exact) mass is 258 g/mol. The molecule has 0 aliphatic heterocycles. The minimum atomic E-state index is 0.361. The normalized spacial score (nSPS) is 11.2. The van der Waals surface area contributed by atoms with Crippen molar-refractivity contribution in [3.8, 4) is 0 Å². The smallest absolute Gasteiger partial charge is 0.147 e. The molecule has 0 atom stereocenters. The summed E-state index contributed by atoms with van der Waals surface area (Å²) in [6.45, 7) is 4.73. The first-order chi connectivity index (χ1) is 9.22. The summed E-state index contributed by atoms with van der Waals surface area (Å²) in [5, 5.41) is 8.44. The van der Waals surface area contributed by atoms with Gasteiger partial charge in [0.25, 0.3) is 0 Å². The molecule has 0 spiro atoms. The lowest BCUT2D eigenvalue weighted by atomic mass is 10.1. The fourth-order valence-electron chi connectivity index (χ4n) is 2.36. The minimum absolute atomic E-state index is 0.361. The van der Waals surface area contributed by atoms with E-state index in [0.717, 1.165) is 30.9 Å². The van der Waals surface area contributed by atoms with Gasteiger partial charge in [0.15, 0.2) is 0 Å². The van der Waals surface area contributed by atoms with Crippen LogP contribution >= 0.6 is 0 Å². The van der Waals surface area contributed by atoms with E-state index < -0.39 is 0 Å². The predicted octanol–water partition coefficient (Wildman–Crippen LogP) is 2.49. The Kier molecular flexibility index (Phi) is 4.68. The van der Waals surface area contributed by atoms with Gasteiger partial charge in [-0.25, -0.2) is 0 Å². The highest BCUT2D eigenvalue weighted by atomic mass is 15.3. The van der Waals surface area contributed by atoms with Gasteiger partial charge in [0.2, 0.25) is 0 Å². The Bertz CT molecular complexity index is 502. The Hall–Kier alpha value is -1.68. The summed E-state index contributed by atoms with van der Waals surface area (Å²) in [6.07, 6.45) is 3.10. The van der Waals surface area contributed by atoms with Crippen molar-refractivity contribution >= 4 is 0 Å². The number of nitrogens with two attached hydrogens (primary N) is 1. The molecule has 0 unspecified atom stereocenters. The van der Waals surface area contributed by atoms with Crippen molar-refractivity contribution in [3.05, 3.63) is 47.5 Å². The Morgan fingerprint density at radius 2 is 1.74 bits per heavy atom. The summed E-state index contributed by atoms with van der Waals surface area (Å²) in [4.78, 5) is 0. The molecule has 1 aromatic heterocycles. The third kappa shape index (κ3) is 3.41. The molecule has 0 saturated carbocycles. The summed E-state index contributed by atoms with van der Waals surface area (Å²) in [5.41, 5.74) is 7.07. The van der Waals surface area contributed by atoms with Gasteiger partial charge in [0.1, 0.15) is 11.6 Å². The first kappa shape index (κ1) is 13.7. The quantitative estimate of drug-likeness (QED) is 0.866. The van der Waals surface area contributed by atoms with Crippen molar-refractivity contribution in [2.75, 3.05) is 0 Å². The maximum atomic E-state index is 5.70. The zero-order valence-electron chi connectivity index (χ0n) is 11.7. The lowest BCUT2D eigenvalue weighted by Crippen LogP contribution is -2.13. The van der Waals surface area contributed by atoms with Crippen LogP contribution in [0, 0.1) is 0 Å². The van der Waals surface area contributed by atoms with E-state index in [2.05, 4.69) is 52.9 Å². The van der Waals surface area contributed by atoms with Crippen LogP contribution in [-0.4, -0.2) is 14.8 Å². The van der Waals surface area contributed by atoms with Gasteiger partial charge in [-0.05, 0) is 32.3 Å². The molecule has 4 nitrogen and oxygen atoms in total. The summed E-state index contributed by atoms with van der Waals surface area (Å²) >= 11 is 0. The topological polar surface area (TPSA) is 56.7 Å². The molecule has 0 radical (unpaired) electrons. The largest absolute Gasteiger partial charge is 0.324 e. The summed E-state index contributed by atoms with van der Waals surface area (Å²) in [7, 11) is 0. The van der Waals surface area contributed by atoms with Gasteiger partial charge in [-0.3, -0.25) is 0 Å². The average Bonchev–Trinajstić information content (AvgIpc) is 2.83. The van der Waals surface area contributed by atoms with E-state index in [1.165, 1.54) is 5.56 Å². The van der Waals surface area contributed by atoms with E-state index in [0.29, 0.717) is 12.6 Å². The lowest BCUT2D eigenvalue weighted by Gasteiger charge is -2.13. The van der Waals surface area contributed by atoms with E-state index in [1.54, 1.807) is 0 Å². The third-order valence-corrected chi connectivity index (χ3v) is 3.24.